The van der Waals surface area contributed by atoms with Crippen molar-refractivity contribution < 1.29 is 4.57 Å². The Bertz CT molecular complexity index is 471. The van der Waals surface area contributed by atoms with Crippen LogP contribution >= 0.6 is 0 Å². The van der Waals surface area contributed by atoms with Crippen LogP contribution in [0, 0.1) is 0 Å². The fourth-order valence-corrected chi connectivity index (χ4v) is 2.39. The summed E-state index contributed by atoms with van der Waals surface area (Å²) in [7, 11) is 0. The highest BCUT2D eigenvalue weighted by Crippen LogP contribution is 2.06. The number of hydrogen-bond donors (Lipinski definition) is 0. The first-order valence-corrected chi connectivity index (χ1v) is 7.02. The number of rotatable bonds is 6. The van der Waals surface area contributed by atoms with Crippen molar-refractivity contribution in [2.24, 2.45) is 0 Å². The maximum absolute atomic E-state index is 2.39. The summed E-state index contributed by atoms with van der Waals surface area (Å²) in [6, 6.07) is 10.6. The van der Waals surface area contributed by atoms with Crippen molar-refractivity contribution in [2.75, 3.05) is 0 Å². The average molecular weight is 243 g/mol. The predicted molar refractivity (Wildman–Crippen MR) is 74.9 cm³/mol. The Morgan fingerprint density at radius 1 is 1.06 bits per heavy atom. The number of nitrogens with zero attached hydrogens (tertiary/aromatic N) is 2. The molecular weight excluding hydrogens is 220 g/mol. The number of para-hydroxylation sites is 1. The van der Waals surface area contributed by atoms with Crippen LogP contribution in [0.4, 0.5) is 0 Å². The van der Waals surface area contributed by atoms with Crippen LogP contribution in [0.1, 0.15) is 38.9 Å². The molecule has 0 atom stereocenters. The van der Waals surface area contributed by atoms with Crippen molar-refractivity contribution in [3.8, 4) is 5.69 Å². The molecule has 0 aliphatic rings. The summed E-state index contributed by atoms with van der Waals surface area (Å²) in [5.74, 6) is 1.39. The van der Waals surface area contributed by atoms with Gasteiger partial charge in [-0.05, 0) is 25.0 Å². The van der Waals surface area contributed by atoms with E-state index in [1.54, 1.807) is 0 Å². The molecule has 18 heavy (non-hydrogen) atoms. The fraction of sp³-hybridized carbons (Fsp3) is 0.438. The van der Waals surface area contributed by atoms with E-state index < -0.39 is 0 Å². The molecule has 0 fully saturated rings. The summed E-state index contributed by atoms with van der Waals surface area (Å²) in [4.78, 5) is 0. The molecule has 0 amide bonds. The number of benzene rings is 1. The summed E-state index contributed by atoms with van der Waals surface area (Å²) >= 11 is 0. The molecule has 2 aromatic rings. The van der Waals surface area contributed by atoms with Gasteiger partial charge in [0.2, 0.25) is 0 Å². The van der Waals surface area contributed by atoms with Gasteiger partial charge in [-0.1, -0.05) is 38.5 Å². The fourth-order valence-electron chi connectivity index (χ4n) is 2.39. The summed E-state index contributed by atoms with van der Waals surface area (Å²) in [6.45, 7) is 5.61. The third-order valence-corrected chi connectivity index (χ3v) is 3.36. The summed E-state index contributed by atoms with van der Waals surface area (Å²) in [6.07, 6.45) is 9.32. The Morgan fingerprint density at radius 2 is 1.83 bits per heavy atom. The molecule has 1 heterocycles. The van der Waals surface area contributed by atoms with Crippen LogP contribution in [0.5, 0.6) is 0 Å². The lowest BCUT2D eigenvalue weighted by Gasteiger charge is -2.03. The van der Waals surface area contributed by atoms with Crippen LogP contribution < -0.4 is 4.57 Å². The number of hydrogen-bond acceptors (Lipinski definition) is 0. The van der Waals surface area contributed by atoms with Crippen LogP contribution in [0.2, 0.25) is 0 Å². The lowest BCUT2D eigenvalue weighted by atomic mass is 10.2. The third kappa shape index (κ3) is 2.81. The molecule has 0 unspecified atom stereocenters. The van der Waals surface area contributed by atoms with E-state index in [-0.39, 0.29) is 0 Å². The Labute approximate surface area is 110 Å². The van der Waals surface area contributed by atoms with E-state index >= 15 is 0 Å². The SMILES string of the molecule is CCCCCn1cc[n+](-c2ccccc2)c1CC. The molecule has 0 N–H and O–H groups in total. The van der Waals surface area contributed by atoms with Crippen LogP contribution in [0.3, 0.4) is 0 Å². The van der Waals surface area contributed by atoms with Crippen LogP contribution in [0.15, 0.2) is 42.7 Å². The van der Waals surface area contributed by atoms with Gasteiger partial charge in [0, 0.05) is 6.42 Å². The summed E-state index contributed by atoms with van der Waals surface area (Å²) in [5.41, 5.74) is 1.25. The van der Waals surface area contributed by atoms with Gasteiger partial charge < -0.3 is 0 Å². The highest BCUT2D eigenvalue weighted by molar-refractivity contribution is 5.21. The molecular formula is C16H23N2+. The molecule has 1 aromatic carbocycles. The first-order chi connectivity index (χ1) is 8.86. The molecule has 2 rings (SSSR count). The van der Waals surface area contributed by atoms with Crippen molar-refractivity contribution in [1.82, 2.24) is 4.57 Å². The van der Waals surface area contributed by atoms with Gasteiger partial charge in [0.1, 0.15) is 18.1 Å². The zero-order valence-electron chi connectivity index (χ0n) is 11.5. The predicted octanol–water partition coefficient (Wildman–Crippen LogP) is 3.52. The Hall–Kier alpha value is -1.57. The van der Waals surface area contributed by atoms with Gasteiger partial charge in [-0.15, -0.1) is 0 Å². The number of aromatic nitrogens is 2. The number of unbranched alkanes of at least 4 members (excludes halogenated alkanes) is 2. The maximum Gasteiger partial charge on any atom is 0.261 e. The van der Waals surface area contributed by atoms with Crippen molar-refractivity contribution >= 4 is 0 Å². The minimum Gasteiger partial charge on any atom is -0.234 e. The second kappa shape index (κ2) is 6.39. The highest BCUT2D eigenvalue weighted by Gasteiger charge is 2.15. The maximum atomic E-state index is 2.39. The van der Waals surface area contributed by atoms with Gasteiger partial charge in [-0.2, -0.15) is 4.57 Å². The second-order valence-corrected chi connectivity index (χ2v) is 4.67. The van der Waals surface area contributed by atoms with Crippen molar-refractivity contribution in [3.05, 3.63) is 48.5 Å². The topological polar surface area (TPSA) is 8.81 Å². The summed E-state index contributed by atoms with van der Waals surface area (Å²) < 4.78 is 4.69. The van der Waals surface area contributed by atoms with E-state index in [9.17, 15) is 0 Å². The first kappa shape index (κ1) is 12.9. The minimum atomic E-state index is 1.06. The van der Waals surface area contributed by atoms with E-state index in [0.29, 0.717) is 0 Å². The van der Waals surface area contributed by atoms with Crippen LogP contribution in [-0.2, 0) is 13.0 Å². The van der Waals surface area contributed by atoms with Crippen LogP contribution in [-0.4, -0.2) is 4.57 Å². The van der Waals surface area contributed by atoms with Crippen LogP contribution in [0.25, 0.3) is 5.69 Å². The molecule has 2 heteroatoms. The molecule has 0 saturated carbocycles. The molecule has 96 valence electrons. The molecule has 0 bridgehead atoms. The molecule has 0 radical (unpaired) electrons. The largest absolute Gasteiger partial charge is 0.261 e. The smallest absolute Gasteiger partial charge is 0.234 e. The monoisotopic (exact) mass is 243 g/mol. The van der Waals surface area contributed by atoms with E-state index in [1.165, 1.54) is 30.8 Å². The zero-order chi connectivity index (χ0) is 12.8. The normalized spacial score (nSPS) is 10.8. The van der Waals surface area contributed by atoms with E-state index in [0.717, 1.165) is 13.0 Å². The summed E-state index contributed by atoms with van der Waals surface area (Å²) in [5, 5.41) is 0. The molecule has 0 aliphatic carbocycles. The molecule has 0 saturated heterocycles. The van der Waals surface area contributed by atoms with Crippen molar-refractivity contribution in [1.29, 1.82) is 0 Å². The Kier molecular flexibility index (Phi) is 4.57. The van der Waals surface area contributed by atoms with Gasteiger partial charge in [-0.3, -0.25) is 0 Å². The quantitative estimate of drug-likeness (QED) is 0.542. The molecule has 2 nitrogen and oxygen atoms in total. The Morgan fingerprint density at radius 3 is 2.50 bits per heavy atom. The number of aryl methyl sites for hydroxylation is 1. The third-order valence-electron chi connectivity index (χ3n) is 3.36. The van der Waals surface area contributed by atoms with Gasteiger partial charge in [0.05, 0.1) is 6.54 Å². The first-order valence-electron chi connectivity index (χ1n) is 7.02. The van der Waals surface area contributed by atoms with E-state index in [2.05, 4.69) is 65.7 Å². The Balaban J connectivity index is 2.22. The van der Waals surface area contributed by atoms with Gasteiger partial charge in [-0.25, -0.2) is 4.57 Å². The molecule has 1 aromatic heterocycles. The van der Waals surface area contributed by atoms with E-state index in [4.69, 9.17) is 0 Å². The van der Waals surface area contributed by atoms with Crippen molar-refractivity contribution in [2.45, 2.75) is 46.1 Å². The highest BCUT2D eigenvalue weighted by atomic mass is 15.1. The van der Waals surface area contributed by atoms with Gasteiger partial charge in [0.25, 0.3) is 5.82 Å². The number of imidazole rings is 1. The lowest BCUT2D eigenvalue weighted by Crippen LogP contribution is -2.34. The van der Waals surface area contributed by atoms with Gasteiger partial charge in [0.15, 0.2) is 0 Å². The standard InChI is InChI=1S/C16H23N2/c1-3-5-9-12-17-13-14-18(16(17)4-2)15-10-7-6-8-11-15/h6-8,10-11,13-14H,3-5,9,12H2,1-2H3/q+1. The average Bonchev–Trinajstić information content (AvgIpc) is 2.83. The van der Waals surface area contributed by atoms with Gasteiger partial charge >= 0.3 is 0 Å². The van der Waals surface area contributed by atoms with E-state index in [1.807, 2.05) is 0 Å². The van der Waals surface area contributed by atoms with Crippen molar-refractivity contribution in [3.63, 3.8) is 0 Å². The lowest BCUT2D eigenvalue weighted by molar-refractivity contribution is -0.604. The molecule has 0 spiro atoms. The minimum absolute atomic E-state index is 1.06. The zero-order valence-corrected chi connectivity index (χ0v) is 11.5. The molecule has 0 aliphatic heterocycles. The second-order valence-electron chi connectivity index (χ2n) is 4.67.